The van der Waals surface area contributed by atoms with E-state index in [1.807, 2.05) is 48.0 Å². The van der Waals surface area contributed by atoms with Gasteiger partial charge in [-0.1, -0.05) is 18.2 Å². The van der Waals surface area contributed by atoms with Crippen LogP contribution in [0.4, 0.5) is 10.5 Å². The van der Waals surface area contributed by atoms with Gasteiger partial charge in [0, 0.05) is 28.8 Å². The molecule has 0 aliphatic heterocycles. The number of thioether (sulfide) groups is 1. The van der Waals surface area contributed by atoms with E-state index in [-0.39, 0.29) is 18.6 Å². The molecule has 4 nitrogen and oxygen atoms in total. The molecule has 0 saturated carbocycles. The number of anilines is 1. The van der Waals surface area contributed by atoms with Crippen molar-refractivity contribution in [2.24, 2.45) is 5.92 Å². The fraction of sp³-hybridized carbons (Fsp3) is 0.312. The fourth-order valence-corrected chi connectivity index (χ4v) is 3.44. The number of urea groups is 1. The van der Waals surface area contributed by atoms with E-state index in [1.165, 1.54) is 4.88 Å². The molecule has 0 unspecified atom stereocenters. The van der Waals surface area contributed by atoms with Crippen LogP contribution in [0.15, 0.2) is 46.7 Å². The normalized spacial score (nSPS) is 11.9. The first-order valence-corrected chi connectivity index (χ1v) is 9.14. The maximum atomic E-state index is 12.0. The van der Waals surface area contributed by atoms with Crippen molar-refractivity contribution < 1.29 is 9.90 Å². The average molecular weight is 336 g/mol. The Bertz CT molecular complexity index is 588. The minimum absolute atomic E-state index is 0.0280. The predicted molar refractivity (Wildman–Crippen MR) is 93.8 cm³/mol. The van der Waals surface area contributed by atoms with Crippen LogP contribution in [0.25, 0.3) is 0 Å². The second kappa shape index (κ2) is 8.82. The smallest absolute Gasteiger partial charge is 0.319 e. The number of hydrogen-bond acceptors (Lipinski definition) is 4. The first-order chi connectivity index (χ1) is 10.7. The van der Waals surface area contributed by atoms with Gasteiger partial charge in [-0.05, 0) is 36.3 Å². The summed E-state index contributed by atoms with van der Waals surface area (Å²) in [5.74, 6) is 0.0280. The lowest BCUT2D eigenvalue weighted by molar-refractivity contribution is 0.218. The summed E-state index contributed by atoms with van der Waals surface area (Å²) in [7, 11) is 0. The van der Waals surface area contributed by atoms with Crippen molar-refractivity contribution in [2.75, 3.05) is 24.7 Å². The Morgan fingerprint density at radius 2 is 2.14 bits per heavy atom. The van der Waals surface area contributed by atoms with E-state index in [0.29, 0.717) is 6.54 Å². The predicted octanol–water partition coefficient (Wildman–Crippen LogP) is 3.44. The SMILES string of the molecule is CSc1ccccc1NC(=O)NC[C@H](CO)Cc1cccs1. The topological polar surface area (TPSA) is 61.4 Å². The maximum Gasteiger partial charge on any atom is 0.319 e. The highest BCUT2D eigenvalue weighted by molar-refractivity contribution is 7.98. The summed E-state index contributed by atoms with van der Waals surface area (Å²) in [4.78, 5) is 14.2. The van der Waals surface area contributed by atoms with Crippen molar-refractivity contribution in [3.05, 3.63) is 46.7 Å². The molecule has 0 radical (unpaired) electrons. The third kappa shape index (κ3) is 5.05. The Hall–Kier alpha value is -1.50. The Morgan fingerprint density at radius 3 is 2.82 bits per heavy atom. The number of thiophene rings is 1. The van der Waals surface area contributed by atoms with Gasteiger partial charge >= 0.3 is 6.03 Å². The molecule has 2 amide bonds. The van der Waals surface area contributed by atoms with Gasteiger partial charge in [0.2, 0.25) is 0 Å². The van der Waals surface area contributed by atoms with Crippen LogP contribution in [0.5, 0.6) is 0 Å². The summed E-state index contributed by atoms with van der Waals surface area (Å²) in [6.07, 6.45) is 2.75. The molecular formula is C16H20N2O2S2. The van der Waals surface area contributed by atoms with E-state index in [1.54, 1.807) is 23.1 Å². The van der Waals surface area contributed by atoms with Crippen LogP contribution >= 0.6 is 23.1 Å². The first-order valence-electron chi connectivity index (χ1n) is 7.04. The molecule has 0 spiro atoms. The Balaban J connectivity index is 1.83. The largest absolute Gasteiger partial charge is 0.396 e. The van der Waals surface area contributed by atoms with E-state index < -0.39 is 0 Å². The molecule has 0 aliphatic carbocycles. The highest BCUT2D eigenvalue weighted by Gasteiger charge is 2.12. The number of carbonyl (C=O) groups excluding carboxylic acids is 1. The van der Waals surface area contributed by atoms with Gasteiger partial charge in [-0.3, -0.25) is 0 Å². The summed E-state index contributed by atoms with van der Waals surface area (Å²) in [6, 6.07) is 11.5. The van der Waals surface area contributed by atoms with Crippen LogP contribution < -0.4 is 10.6 Å². The minimum atomic E-state index is -0.244. The summed E-state index contributed by atoms with van der Waals surface area (Å²) in [5.41, 5.74) is 0.798. The third-order valence-electron chi connectivity index (χ3n) is 3.23. The maximum absolute atomic E-state index is 12.0. The summed E-state index contributed by atoms with van der Waals surface area (Å²) in [5, 5.41) is 17.1. The molecular weight excluding hydrogens is 316 g/mol. The third-order valence-corrected chi connectivity index (χ3v) is 4.93. The molecule has 2 rings (SSSR count). The van der Waals surface area contributed by atoms with Crippen LogP contribution in [0.2, 0.25) is 0 Å². The lowest BCUT2D eigenvalue weighted by atomic mass is 10.1. The average Bonchev–Trinajstić information content (AvgIpc) is 3.05. The van der Waals surface area contributed by atoms with Crippen molar-refractivity contribution in [1.82, 2.24) is 5.32 Å². The van der Waals surface area contributed by atoms with E-state index in [4.69, 9.17) is 0 Å². The van der Waals surface area contributed by atoms with Crippen LogP contribution in [-0.4, -0.2) is 30.5 Å². The molecule has 1 aromatic carbocycles. The van der Waals surface area contributed by atoms with Crippen LogP contribution in [-0.2, 0) is 6.42 Å². The van der Waals surface area contributed by atoms with Gasteiger partial charge in [0.15, 0.2) is 0 Å². The van der Waals surface area contributed by atoms with Gasteiger partial charge in [-0.15, -0.1) is 23.1 Å². The zero-order chi connectivity index (χ0) is 15.8. The van der Waals surface area contributed by atoms with Gasteiger partial charge in [0.1, 0.15) is 0 Å². The van der Waals surface area contributed by atoms with E-state index >= 15 is 0 Å². The number of aliphatic hydroxyl groups is 1. The minimum Gasteiger partial charge on any atom is -0.396 e. The first kappa shape index (κ1) is 16.9. The van der Waals surface area contributed by atoms with Crippen molar-refractivity contribution in [1.29, 1.82) is 0 Å². The van der Waals surface area contributed by atoms with Crippen molar-refractivity contribution in [3.63, 3.8) is 0 Å². The molecule has 118 valence electrons. The molecule has 0 bridgehead atoms. The van der Waals surface area contributed by atoms with Crippen LogP contribution in [0.3, 0.4) is 0 Å². The van der Waals surface area contributed by atoms with E-state index in [9.17, 15) is 9.90 Å². The van der Waals surface area contributed by atoms with Gasteiger partial charge in [-0.2, -0.15) is 0 Å². The van der Waals surface area contributed by atoms with Crippen molar-refractivity contribution in [3.8, 4) is 0 Å². The second-order valence-electron chi connectivity index (χ2n) is 4.87. The molecule has 0 aliphatic rings. The lowest BCUT2D eigenvalue weighted by Crippen LogP contribution is -2.35. The standard InChI is InChI=1S/C16H20N2O2S2/c1-21-15-7-3-2-6-14(15)18-16(20)17-10-12(11-19)9-13-5-4-8-22-13/h2-8,12,19H,9-11H2,1H3,(H2,17,18,20)/t12-/m1/s1. The van der Waals surface area contributed by atoms with Gasteiger partial charge in [0.05, 0.1) is 5.69 Å². The number of nitrogens with one attached hydrogen (secondary N) is 2. The Labute approximate surface area is 138 Å². The number of para-hydroxylation sites is 1. The van der Waals surface area contributed by atoms with E-state index in [0.717, 1.165) is 17.0 Å². The Morgan fingerprint density at radius 1 is 1.32 bits per heavy atom. The highest BCUT2D eigenvalue weighted by atomic mass is 32.2. The van der Waals surface area contributed by atoms with Gasteiger partial charge < -0.3 is 15.7 Å². The monoisotopic (exact) mass is 336 g/mol. The quantitative estimate of drug-likeness (QED) is 0.679. The number of amides is 2. The van der Waals surface area contributed by atoms with Crippen molar-refractivity contribution >= 4 is 34.8 Å². The van der Waals surface area contributed by atoms with Crippen LogP contribution in [0, 0.1) is 5.92 Å². The summed E-state index contributed by atoms with van der Waals surface area (Å²) in [6.45, 7) is 0.501. The summed E-state index contributed by atoms with van der Waals surface area (Å²) < 4.78 is 0. The number of carbonyl (C=O) groups is 1. The molecule has 3 N–H and O–H groups in total. The molecule has 6 heteroatoms. The Kier molecular flexibility index (Phi) is 6.76. The second-order valence-corrected chi connectivity index (χ2v) is 6.75. The number of benzene rings is 1. The molecule has 2 aromatic rings. The zero-order valence-corrected chi connectivity index (χ0v) is 14.0. The van der Waals surface area contributed by atoms with Crippen molar-refractivity contribution in [2.45, 2.75) is 11.3 Å². The van der Waals surface area contributed by atoms with E-state index in [2.05, 4.69) is 10.6 Å². The van der Waals surface area contributed by atoms with Gasteiger partial charge in [0.25, 0.3) is 0 Å². The fourth-order valence-electron chi connectivity index (χ4n) is 2.07. The number of hydrogen-bond donors (Lipinski definition) is 3. The number of rotatable bonds is 7. The number of aliphatic hydroxyl groups excluding tert-OH is 1. The molecule has 1 aromatic heterocycles. The summed E-state index contributed by atoms with van der Waals surface area (Å²) >= 11 is 3.25. The highest BCUT2D eigenvalue weighted by Crippen LogP contribution is 2.24. The molecule has 1 heterocycles. The molecule has 0 fully saturated rings. The molecule has 22 heavy (non-hydrogen) atoms. The van der Waals surface area contributed by atoms with Gasteiger partial charge in [-0.25, -0.2) is 4.79 Å². The molecule has 0 saturated heterocycles. The zero-order valence-electron chi connectivity index (χ0n) is 12.4. The lowest BCUT2D eigenvalue weighted by Gasteiger charge is -2.15. The van der Waals surface area contributed by atoms with Crippen LogP contribution in [0.1, 0.15) is 4.88 Å². The molecule has 1 atom stereocenters.